The minimum Gasteiger partial charge on any atom is -0.450 e. The molecular weight excluding hydrogens is 276 g/mol. The van der Waals surface area contributed by atoms with Gasteiger partial charge in [-0.2, -0.15) is 0 Å². The molecule has 0 N–H and O–H groups in total. The van der Waals surface area contributed by atoms with Crippen molar-refractivity contribution in [2.75, 3.05) is 0 Å². The summed E-state index contributed by atoms with van der Waals surface area (Å²) in [6.45, 7) is 0. The summed E-state index contributed by atoms with van der Waals surface area (Å²) < 4.78 is 11.7. The molecule has 0 bridgehead atoms. The van der Waals surface area contributed by atoms with Gasteiger partial charge in [-0.25, -0.2) is 0 Å². The van der Waals surface area contributed by atoms with Crippen LogP contribution < -0.4 is 9.47 Å². The molecule has 3 nitrogen and oxygen atoms in total. The van der Waals surface area contributed by atoms with Crippen molar-refractivity contribution in [2.24, 2.45) is 0 Å². The Morgan fingerprint density at radius 1 is 0.591 bits per heavy atom. The van der Waals surface area contributed by atoms with Crippen LogP contribution in [0.5, 0.6) is 17.2 Å². The van der Waals surface area contributed by atoms with Crippen LogP contribution in [-0.4, -0.2) is 0 Å². The monoisotopic (exact) mass is 291 g/mol. The number of hydrogen-bond donors (Lipinski definition) is 0. The van der Waals surface area contributed by atoms with Gasteiger partial charge in [-0.3, -0.25) is 5.11 Å². The third-order valence-electron chi connectivity index (χ3n) is 3.15. The van der Waals surface area contributed by atoms with E-state index in [1.54, 1.807) is 18.2 Å². The highest BCUT2D eigenvalue weighted by molar-refractivity contribution is 5.35. The van der Waals surface area contributed by atoms with E-state index in [9.17, 15) is 5.11 Å². The second kappa shape index (κ2) is 6.68. The molecular formula is C19H15O3. The van der Waals surface area contributed by atoms with Crippen LogP contribution in [0.15, 0.2) is 84.9 Å². The zero-order valence-electron chi connectivity index (χ0n) is 11.9. The molecule has 0 atom stereocenters. The van der Waals surface area contributed by atoms with Gasteiger partial charge in [-0.1, -0.05) is 48.5 Å². The van der Waals surface area contributed by atoms with E-state index >= 15 is 0 Å². The first-order valence-corrected chi connectivity index (χ1v) is 7.02. The van der Waals surface area contributed by atoms with Gasteiger partial charge in [-0.15, -0.1) is 0 Å². The predicted octanol–water partition coefficient (Wildman–Crippen LogP) is 4.99. The fourth-order valence-electron chi connectivity index (χ4n) is 2.07. The van der Waals surface area contributed by atoms with E-state index < -0.39 is 6.29 Å². The van der Waals surface area contributed by atoms with Crippen molar-refractivity contribution in [1.29, 1.82) is 0 Å². The second-order valence-corrected chi connectivity index (χ2v) is 4.73. The second-order valence-electron chi connectivity index (χ2n) is 4.73. The first-order valence-electron chi connectivity index (χ1n) is 7.02. The first kappa shape index (κ1) is 14.0. The van der Waals surface area contributed by atoms with Crippen molar-refractivity contribution < 1.29 is 14.6 Å². The standard InChI is InChI=1S/C19H15O3/c20-18-14-8-7-13-17(18)19(21-15-9-3-1-4-10-15)22-16-11-5-2-6-12-16/h1-14,19H. The zero-order chi connectivity index (χ0) is 15.2. The summed E-state index contributed by atoms with van der Waals surface area (Å²) in [4.78, 5) is 0. The van der Waals surface area contributed by atoms with Gasteiger partial charge in [0.15, 0.2) is 5.75 Å². The van der Waals surface area contributed by atoms with E-state index in [0.29, 0.717) is 17.1 Å². The summed E-state index contributed by atoms with van der Waals surface area (Å²) in [6, 6.07) is 25.3. The smallest absolute Gasteiger partial charge is 0.271 e. The molecule has 0 aliphatic carbocycles. The van der Waals surface area contributed by atoms with Crippen LogP contribution in [-0.2, 0) is 5.11 Å². The molecule has 0 spiro atoms. The third kappa shape index (κ3) is 3.38. The van der Waals surface area contributed by atoms with Crippen LogP contribution in [0.4, 0.5) is 0 Å². The lowest BCUT2D eigenvalue weighted by Crippen LogP contribution is -2.15. The normalized spacial score (nSPS) is 10.4. The predicted molar refractivity (Wildman–Crippen MR) is 83.5 cm³/mol. The fourth-order valence-corrected chi connectivity index (χ4v) is 2.07. The number of rotatable bonds is 5. The van der Waals surface area contributed by atoms with Crippen molar-refractivity contribution in [1.82, 2.24) is 0 Å². The minimum atomic E-state index is -0.793. The lowest BCUT2D eigenvalue weighted by Gasteiger charge is -2.21. The topological polar surface area (TPSA) is 38.4 Å². The summed E-state index contributed by atoms with van der Waals surface area (Å²) in [6.07, 6.45) is -0.793. The Bertz CT molecular complexity index is 670. The third-order valence-corrected chi connectivity index (χ3v) is 3.15. The number of para-hydroxylation sites is 3. The number of benzene rings is 3. The molecule has 0 fully saturated rings. The highest BCUT2D eigenvalue weighted by Gasteiger charge is 2.20. The van der Waals surface area contributed by atoms with Gasteiger partial charge in [0.25, 0.3) is 6.29 Å². The van der Waals surface area contributed by atoms with Crippen LogP contribution in [0, 0.1) is 0 Å². The van der Waals surface area contributed by atoms with Gasteiger partial charge in [0.1, 0.15) is 11.5 Å². The molecule has 0 aliphatic rings. The maximum absolute atomic E-state index is 12.1. The molecule has 0 heterocycles. The Balaban J connectivity index is 1.90. The quantitative estimate of drug-likeness (QED) is 0.621. The molecule has 0 saturated carbocycles. The van der Waals surface area contributed by atoms with Crippen molar-refractivity contribution >= 4 is 0 Å². The van der Waals surface area contributed by atoms with Crippen LogP contribution >= 0.6 is 0 Å². The molecule has 0 amide bonds. The van der Waals surface area contributed by atoms with Crippen LogP contribution in [0.25, 0.3) is 0 Å². The maximum atomic E-state index is 12.1. The van der Waals surface area contributed by atoms with Gasteiger partial charge in [0.05, 0.1) is 5.56 Å². The van der Waals surface area contributed by atoms with E-state index in [1.807, 2.05) is 60.7 Å². The van der Waals surface area contributed by atoms with Crippen LogP contribution in [0.1, 0.15) is 11.9 Å². The van der Waals surface area contributed by atoms with Gasteiger partial charge < -0.3 is 9.47 Å². The van der Waals surface area contributed by atoms with Gasteiger partial charge in [0.2, 0.25) is 0 Å². The van der Waals surface area contributed by atoms with Crippen molar-refractivity contribution in [3.8, 4) is 17.2 Å². The van der Waals surface area contributed by atoms with Gasteiger partial charge in [0, 0.05) is 0 Å². The Morgan fingerprint density at radius 2 is 1.05 bits per heavy atom. The highest BCUT2D eigenvalue weighted by Crippen LogP contribution is 2.30. The number of ether oxygens (including phenoxy) is 2. The van der Waals surface area contributed by atoms with Crippen molar-refractivity contribution in [2.45, 2.75) is 6.29 Å². The summed E-state index contributed by atoms with van der Waals surface area (Å²) in [5, 5.41) is 12.1. The molecule has 0 aliphatic heterocycles. The van der Waals surface area contributed by atoms with Crippen LogP contribution in [0.2, 0.25) is 0 Å². The zero-order valence-corrected chi connectivity index (χ0v) is 11.9. The largest absolute Gasteiger partial charge is 0.450 e. The van der Waals surface area contributed by atoms with E-state index in [4.69, 9.17) is 9.47 Å². The van der Waals surface area contributed by atoms with E-state index in [-0.39, 0.29) is 5.75 Å². The molecule has 0 unspecified atom stereocenters. The summed E-state index contributed by atoms with van der Waals surface area (Å²) in [5.41, 5.74) is 0.468. The Kier molecular flexibility index (Phi) is 4.25. The Labute approximate surface area is 129 Å². The van der Waals surface area contributed by atoms with Gasteiger partial charge in [-0.05, 0) is 36.4 Å². The molecule has 3 aromatic rings. The molecule has 3 aromatic carbocycles. The van der Waals surface area contributed by atoms with Crippen molar-refractivity contribution in [3.63, 3.8) is 0 Å². The molecule has 0 aromatic heterocycles. The fraction of sp³-hybridized carbons (Fsp3) is 0.0526. The van der Waals surface area contributed by atoms with Crippen LogP contribution in [0.3, 0.4) is 0 Å². The number of hydrogen-bond acceptors (Lipinski definition) is 2. The average Bonchev–Trinajstić information content (AvgIpc) is 2.57. The van der Waals surface area contributed by atoms with E-state index in [1.165, 1.54) is 6.07 Å². The summed E-state index contributed by atoms with van der Waals surface area (Å²) in [7, 11) is 0. The maximum Gasteiger partial charge on any atom is 0.271 e. The summed E-state index contributed by atoms with van der Waals surface area (Å²) >= 11 is 0. The van der Waals surface area contributed by atoms with Crippen molar-refractivity contribution in [3.05, 3.63) is 90.5 Å². The SMILES string of the molecule is [O]c1ccccc1C(Oc1ccccc1)Oc1ccccc1. The molecule has 3 rings (SSSR count). The van der Waals surface area contributed by atoms with E-state index in [0.717, 1.165) is 0 Å². The van der Waals surface area contributed by atoms with E-state index in [2.05, 4.69) is 0 Å². The lowest BCUT2D eigenvalue weighted by molar-refractivity contribution is 0.00131. The highest BCUT2D eigenvalue weighted by atomic mass is 16.7. The summed E-state index contributed by atoms with van der Waals surface area (Å²) in [5.74, 6) is 1.18. The minimum absolute atomic E-state index is 0.112. The molecule has 22 heavy (non-hydrogen) atoms. The first-order chi connectivity index (χ1) is 10.8. The molecule has 1 radical (unpaired) electrons. The molecule has 3 heteroatoms. The Morgan fingerprint density at radius 3 is 1.55 bits per heavy atom. The molecule has 109 valence electrons. The van der Waals surface area contributed by atoms with Gasteiger partial charge >= 0.3 is 0 Å². The average molecular weight is 291 g/mol. The Hall–Kier alpha value is -2.94. The lowest BCUT2D eigenvalue weighted by atomic mass is 10.2. The molecule has 0 saturated heterocycles.